The lowest BCUT2D eigenvalue weighted by Crippen LogP contribution is -2.35. The Balaban J connectivity index is 2.03. The number of anilines is 1. The van der Waals surface area contributed by atoms with Gasteiger partial charge in [0.25, 0.3) is 11.8 Å². The molecule has 1 N–H and O–H groups in total. The first kappa shape index (κ1) is 22.2. The van der Waals surface area contributed by atoms with Gasteiger partial charge >= 0.3 is 0 Å². The summed E-state index contributed by atoms with van der Waals surface area (Å²) in [5.41, 5.74) is 1.84. The fourth-order valence-electron chi connectivity index (χ4n) is 3.43. The molecule has 3 rings (SSSR count). The van der Waals surface area contributed by atoms with Gasteiger partial charge in [-0.1, -0.05) is 26.0 Å². The first-order chi connectivity index (χ1) is 14.9. The molecule has 0 saturated carbocycles. The molecule has 0 fully saturated rings. The van der Waals surface area contributed by atoms with Gasteiger partial charge in [0.2, 0.25) is 0 Å². The molecule has 0 spiro atoms. The molecule has 164 valence electrons. The highest BCUT2D eigenvalue weighted by atomic mass is 16.5. The van der Waals surface area contributed by atoms with Crippen LogP contribution < -0.4 is 19.5 Å². The van der Waals surface area contributed by atoms with Gasteiger partial charge in [-0.25, -0.2) is 0 Å². The number of methoxy groups -OCH3 is 2. The highest BCUT2D eigenvalue weighted by Gasteiger charge is 2.39. The minimum absolute atomic E-state index is 0.148. The molecule has 0 aliphatic carbocycles. The second-order valence-electron chi connectivity index (χ2n) is 7.52. The minimum Gasteiger partial charge on any atom is -0.494 e. The first-order valence-corrected chi connectivity index (χ1v) is 10.2. The van der Waals surface area contributed by atoms with Crippen LogP contribution in [0.2, 0.25) is 0 Å². The van der Waals surface area contributed by atoms with Gasteiger partial charge in [0.1, 0.15) is 11.4 Å². The van der Waals surface area contributed by atoms with Gasteiger partial charge in [0.05, 0.1) is 26.4 Å². The van der Waals surface area contributed by atoms with E-state index >= 15 is 0 Å². The zero-order valence-electron chi connectivity index (χ0n) is 18.5. The lowest BCUT2D eigenvalue weighted by molar-refractivity contribution is -0.137. The van der Waals surface area contributed by atoms with Crippen LogP contribution >= 0.6 is 0 Å². The van der Waals surface area contributed by atoms with Gasteiger partial charge in [-0.05, 0) is 42.7 Å². The lowest BCUT2D eigenvalue weighted by Gasteiger charge is -2.17. The topological polar surface area (TPSA) is 77.1 Å². The second kappa shape index (κ2) is 9.55. The average Bonchev–Trinajstić information content (AvgIpc) is 2.98. The van der Waals surface area contributed by atoms with Crippen LogP contribution in [-0.2, 0) is 9.59 Å². The maximum Gasteiger partial charge on any atom is 0.278 e. The maximum atomic E-state index is 13.2. The standard InChI is InChI=1S/C24H28N2O5/c1-6-31-18-10-7-16(8-11-18)21-22(24(28)26(23(21)27)14-15(2)3)25-17-9-12-19(29-4)20(13-17)30-5/h7-13,15,25H,6,14H2,1-5H3. The molecule has 0 radical (unpaired) electrons. The van der Waals surface area contributed by atoms with Gasteiger partial charge in [-0.15, -0.1) is 0 Å². The number of nitrogens with one attached hydrogen (secondary N) is 1. The minimum atomic E-state index is -0.350. The molecule has 2 amide bonds. The van der Waals surface area contributed by atoms with Crippen LogP contribution in [-0.4, -0.2) is 44.1 Å². The van der Waals surface area contributed by atoms with Crippen molar-refractivity contribution in [2.24, 2.45) is 5.92 Å². The van der Waals surface area contributed by atoms with E-state index in [1.165, 1.54) is 4.90 Å². The van der Waals surface area contributed by atoms with Gasteiger partial charge in [-0.3, -0.25) is 14.5 Å². The van der Waals surface area contributed by atoms with E-state index in [1.807, 2.05) is 20.8 Å². The molecule has 1 aliphatic rings. The number of hydrogen-bond donors (Lipinski definition) is 1. The van der Waals surface area contributed by atoms with E-state index in [0.717, 1.165) is 0 Å². The van der Waals surface area contributed by atoms with Gasteiger partial charge < -0.3 is 19.5 Å². The summed E-state index contributed by atoms with van der Waals surface area (Å²) in [6.07, 6.45) is 0. The van der Waals surface area contributed by atoms with Crippen LogP contribution in [0.5, 0.6) is 17.2 Å². The second-order valence-corrected chi connectivity index (χ2v) is 7.52. The van der Waals surface area contributed by atoms with Crippen molar-refractivity contribution in [1.29, 1.82) is 0 Å². The summed E-state index contributed by atoms with van der Waals surface area (Å²) in [6, 6.07) is 12.4. The molecule has 2 aromatic rings. The van der Waals surface area contributed by atoms with Crippen LogP contribution in [0.1, 0.15) is 26.3 Å². The van der Waals surface area contributed by atoms with E-state index in [0.29, 0.717) is 47.2 Å². The molecule has 1 aliphatic heterocycles. The smallest absolute Gasteiger partial charge is 0.278 e. The molecule has 1 heterocycles. The largest absolute Gasteiger partial charge is 0.494 e. The summed E-state index contributed by atoms with van der Waals surface area (Å²) >= 11 is 0. The first-order valence-electron chi connectivity index (χ1n) is 10.2. The zero-order chi connectivity index (χ0) is 22.5. The van der Waals surface area contributed by atoms with E-state index in [-0.39, 0.29) is 23.4 Å². The van der Waals surface area contributed by atoms with E-state index < -0.39 is 0 Å². The quantitative estimate of drug-likeness (QED) is 0.614. The molecular formula is C24H28N2O5. The van der Waals surface area contributed by atoms with Crippen molar-refractivity contribution >= 4 is 23.1 Å². The predicted octanol–water partition coefficient (Wildman–Crippen LogP) is 3.95. The molecular weight excluding hydrogens is 396 g/mol. The number of imide groups is 1. The molecule has 0 saturated heterocycles. The van der Waals surface area contributed by atoms with Gasteiger partial charge in [0.15, 0.2) is 11.5 Å². The van der Waals surface area contributed by atoms with E-state index in [9.17, 15) is 9.59 Å². The normalized spacial score (nSPS) is 13.8. The van der Waals surface area contributed by atoms with E-state index in [2.05, 4.69) is 5.32 Å². The summed E-state index contributed by atoms with van der Waals surface area (Å²) in [7, 11) is 3.10. The Morgan fingerprint density at radius 1 is 0.935 bits per heavy atom. The summed E-state index contributed by atoms with van der Waals surface area (Å²) in [4.78, 5) is 27.7. The SMILES string of the molecule is CCOc1ccc(C2=C(Nc3ccc(OC)c(OC)c3)C(=O)N(CC(C)C)C2=O)cc1. The lowest BCUT2D eigenvalue weighted by atomic mass is 10.0. The van der Waals surface area contributed by atoms with Crippen molar-refractivity contribution in [2.75, 3.05) is 32.7 Å². The molecule has 0 atom stereocenters. The molecule has 0 aromatic heterocycles. The Bertz CT molecular complexity index is 996. The summed E-state index contributed by atoms with van der Waals surface area (Å²) in [5.74, 6) is 1.28. The monoisotopic (exact) mass is 424 g/mol. The Hall–Kier alpha value is -3.48. The van der Waals surface area contributed by atoms with Crippen molar-refractivity contribution in [2.45, 2.75) is 20.8 Å². The molecule has 0 unspecified atom stereocenters. The van der Waals surface area contributed by atoms with Crippen LogP contribution in [0.15, 0.2) is 48.2 Å². The summed E-state index contributed by atoms with van der Waals surface area (Å²) in [6.45, 7) is 6.74. The highest BCUT2D eigenvalue weighted by Crippen LogP contribution is 2.34. The Labute approximate surface area is 182 Å². The van der Waals surface area contributed by atoms with Crippen LogP contribution in [0.3, 0.4) is 0 Å². The number of amides is 2. The molecule has 7 heteroatoms. The fourth-order valence-corrected chi connectivity index (χ4v) is 3.43. The number of carbonyl (C=O) groups is 2. The van der Waals surface area contributed by atoms with Crippen molar-refractivity contribution in [3.63, 3.8) is 0 Å². The predicted molar refractivity (Wildman–Crippen MR) is 119 cm³/mol. The number of hydrogen-bond acceptors (Lipinski definition) is 6. The van der Waals surface area contributed by atoms with Crippen molar-refractivity contribution in [1.82, 2.24) is 4.90 Å². The highest BCUT2D eigenvalue weighted by molar-refractivity contribution is 6.36. The van der Waals surface area contributed by atoms with E-state index in [1.54, 1.807) is 56.7 Å². The zero-order valence-corrected chi connectivity index (χ0v) is 18.5. The summed E-state index contributed by atoms with van der Waals surface area (Å²) < 4.78 is 16.1. The number of benzene rings is 2. The number of ether oxygens (including phenoxy) is 3. The third kappa shape index (κ3) is 4.66. The fraction of sp³-hybridized carbons (Fsp3) is 0.333. The van der Waals surface area contributed by atoms with Crippen LogP contribution in [0.25, 0.3) is 5.57 Å². The van der Waals surface area contributed by atoms with Crippen LogP contribution in [0, 0.1) is 5.92 Å². The molecule has 31 heavy (non-hydrogen) atoms. The third-order valence-electron chi connectivity index (χ3n) is 4.82. The molecule has 7 nitrogen and oxygen atoms in total. The number of carbonyl (C=O) groups excluding carboxylic acids is 2. The number of nitrogens with zero attached hydrogens (tertiary/aromatic N) is 1. The molecule has 0 bridgehead atoms. The summed E-state index contributed by atoms with van der Waals surface area (Å²) in [5, 5.41) is 3.14. The van der Waals surface area contributed by atoms with Crippen molar-refractivity contribution in [3.05, 3.63) is 53.7 Å². The van der Waals surface area contributed by atoms with Crippen LogP contribution in [0.4, 0.5) is 5.69 Å². The Morgan fingerprint density at radius 3 is 2.19 bits per heavy atom. The Kier molecular flexibility index (Phi) is 6.84. The Morgan fingerprint density at radius 2 is 1.61 bits per heavy atom. The van der Waals surface area contributed by atoms with Crippen molar-refractivity contribution < 1.29 is 23.8 Å². The molecule has 2 aromatic carbocycles. The van der Waals surface area contributed by atoms with E-state index in [4.69, 9.17) is 14.2 Å². The average molecular weight is 424 g/mol. The van der Waals surface area contributed by atoms with Crippen molar-refractivity contribution in [3.8, 4) is 17.2 Å². The maximum absolute atomic E-state index is 13.2. The van der Waals surface area contributed by atoms with Gasteiger partial charge in [-0.2, -0.15) is 0 Å². The number of rotatable bonds is 9. The third-order valence-corrected chi connectivity index (χ3v) is 4.82. The van der Waals surface area contributed by atoms with Gasteiger partial charge in [0, 0.05) is 18.3 Å².